The largest absolute Gasteiger partial charge is 0.365 e. The van der Waals surface area contributed by atoms with Gasteiger partial charge in [0.05, 0.1) is 10.6 Å². The van der Waals surface area contributed by atoms with E-state index < -0.39 is 0 Å². The first-order chi connectivity index (χ1) is 5.81. The topological polar surface area (TPSA) is 24.9 Å². The molecule has 0 fully saturated rings. The van der Waals surface area contributed by atoms with E-state index in [1.54, 1.807) is 17.4 Å². The molecule has 0 radical (unpaired) electrons. The molecule has 0 atom stereocenters. The molecular weight excluding hydrogens is 168 g/mol. The van der Waals surface area contributed by atoms with E-state index in [2.05, 4.69) is 16.9 Å². The normalized spacial score (nSPS) is 10.5. The van der Waals surface area contributed by atoms with E-state index in [1.807, 2.05) is 26.1 Å². The average molecular weight is 180 g/mol. The maximum atomic E-state index is 4.30. The molecular formula is C9H12N2S. The van der Waals surface area contributed by atoms with Crippen LogP contribution >= 0.6 is 11.3 Å². The molecule has 1 aromatic rings. The van der Waals surface area contributed by atoms with Crippen LogP contribution in [0.2, 0.25) is 0 Å². The zero-order chi connectivity index (χ0) is 8.97. The number of rotatable bonds is 3. The molecule has 1 aromatic heterocycles. The van der Waals surface area contributed by atoms with Crippen molar-refractivity contribution in [2.75, 3.05) is 12.4 Å². The first-order valence-electron chi connectivity index (χ1n) is 3.75. The second-order valence-electron chi connectivity index (χ2n) is 2.22. The first-order valence-corrected chi connectivity index (χ1v) is 4.57. The Morgan fingerprint density at radius 1 is 1.58 bits per heavy atom. The van der Waals surface area contributed by atoms with Crippen LogP contribution in [0.1, 0.15) is 17.5 Å². The third-order valence-corrected chi connectivity index (χ3v) is 2.46. The number of hydrogen-bond donors (Lipinski definition) is 1. The molecule has 0 aliphatic carbocycles. The Morgan fingerprint density at radius 2 is 2.33 bits per heavy atom. The second-order valence-corrected chi connectivity index (χ2v) is 3.25. The molecule has 0 unspecified atom stereocenters. The zero-order valence-corrected chi connectivity index (χ0v) is 8.11. The summed E-state index contributed by atoms with van der Waals surface area (Å²) in [5.41, 5.74) is 0.947. The van der Waals surface area contributed by atoms with Gasteiger partial charge in [0.2, 0.25) is 0 Å². The van der Waals surface area contributed by atoms with Crippen molar-refractivity contribution in [3.05, 3.63) is 23.2 Å². The van der Waals surface area contributed by atoms with Crippen LogP contribution in [0.25, 0.3) is 12.2 Å². The Kier molecular flexibility index (Phi) is 3.05. The van der Waals surface area contributed by atoms with Crippen molar-refractivity contribution in [1.82, 2.24) is 4.98 Å². The number of anilines is 1. The smallest absolute Gasteiger partial charge is 0.183 e. The summed E-state index contributed by atoms with van der Waals surface area (Å²) in [5.74, 6) is 0. The lowest BCUT2D eigenvalue weighted by Crippen LogP contribution is -1.84. The van der Waals surface area contributed by atoms with Gasteiger partial charge in [-0.25, -0.2) is 4.98 Å². The Hall–Kier alpha value is -1.09. The van der Waals surface area contributed by atoms with Gasteiger partial charge in [0, 0.05) is 7.05 Å². The number of aromatic nitrogens is 1. The van der Waals surface area contributed by atoms with Gasteiger partial charge in [-0.1, -0.05) is 24.0 Å². The van der Waals surface area contributed by atoms with E-state index in [0.29, 0.717) is 0 Å². The molecule has 2 nitrogen and oxygen atoms in total. The summed E-state index contributed by atoms with van der Waals surface area (Å²) in [6.45, 7) is 5.70. The number of nitrogens with one attached hydrogen (secondary N) is 1. The van der Waals surface area contributed by atoms with E-state index in [4.69, 9.17) is 0 Å². The molecule has 0 spiro atoms. The minimum atomic E-state index is 0.929. The molecule has 0 bridgehead atoms. The van der Waals surface area contributed by atoms with Gasteiger partial charge in [-0.15, -0.1) is 0 Å². The fraction of sp³-hybridized carbons (Fsp3) is 0.222. The Labute approximate surface area is 76.7 Å². The van der Waals surface area contributed by atoms with Crippen LogP contribution in [-0.4, -0.2) is 12.0 Å². The molecule has 0 saturated heterocycles. The molecule has 0 amide bonds. The standard InChI is InChI=1S/C9H12N2S/c1-4-6-8-7(5-2)11-9(10-3)12-8/h4-6H,2H2,1,3H3,(H,10,11)/b6-4-. The lowest BCUT2D eigenvalue weighted by atomic mass is 10.3. The maximum Gasteiger partial charge on any atom is 0.183 e. The average Bonchev–Trinajstić information content (AvgIpc) is 2.48. The highest BCUT2D eigenvalue weighted by atomic mass is 32.1. The van der Waals surface area contributed by atoms with Crippen molar-refractivity contribution in [3.8, 4) is 0 Å². The van der Waals surface area contributed by atoms with E-state index in [1.165, 1.54) is 0 Å². The van der Waals surface area contributed by atoms with Crippen molar-refractivity contribution < 1.29 is 0 Å². The summed E-state index contributed by atoms with van der Waals surface area (Å²) >= 11 is 1.63. The van der Waals surface area contributed by atoms with Gasteiger partial charge in [0.1, 0.15) is 0 Å². The summed E-state index contributed by atoms with van der Waals surface area (Å²) in [6.07, 6.45) is 5.81. The molecule has 1 heterocycles. The van der Waals surface area contributed by atoms with Crippen molar-refractivity contribution in [1.29, 1.82) is 0 Å². The van der Waals surface area contributed by atoms with E-state index >= 15 is 0 Å². The zero-order valence-electron chi connectivity index (χ0n) is 7.29. The van der Waals surface area contributed by atoms with Gasteiger partial charge < -0.3 is 5.32 Å². The molecule has 1 rings (SSSR count). The first kappa shape index (κ1) is 9.00. The highest BCUT2D eigenvalue weighted by Gasteiger charge is 2.03. The van der Waals surface area contributed by atoms with Crippen LogP contribution in [0, 0.1) is 0 Å². The SMILES string of the molecule is C=Cc1nc(NC)sc1/C=C\C. The van der Waals surface area contributed by atoms with Crippen LogP contribution in [0.15, 0.2) is 12.7 Å². The molecule has 0 aliphatic heterocycles. The van der Waals surface area contributed by atoms with Gasteiger partial charge in [0.25, 0.3) is 0 Å². The predicted octanol–water partition coefficient (Wildman–Crippen LogP) is 2.86. The maximum absolute atomic E-state index is 4.30. The fourth-order valence-corrected chi connectivity index (χ4v) is 1.76. The molecule has 3 heteroatoms. The van der Waals surface area contributed by atoms with Crippen molar-refractivity contribution in [3.63, 3.8) is 0 Å². The van der Waals surface area contributed by atoms with E-state index in [-0.39, 0.29) is 0 Å². The van der Waals surface area contributed by atoms with Gasteiger partial charge in [-0.05, 0) is 19.1 Å². The second kappa shape index (κ2) is 4.07. The Balaban J connectivity index is 3.07. The van der Waals surface area contributed by atoms with Crippen molar-refractivity contribution in [2.24, 2.45) is 0 Å². The predicted molar refractivity (Wildman–Crippen MR) is 56.5 cm³/mol. The molecule has 12 heavy (non-hydrogen) atoms. The van der Waals surface area contributed by atoms with Crippen LogP contribution in [0.5, 0.6) is 0 Å². The van der Waals surface area contributed by atoms with Gasteiger partial charge in [-0.2, -0.15) is 0 Å². The van der Waals surface area contributed by atoms with Crippen molar-refractivity contribution in [2.45, 2.75) is 6.92 Å². The minimum absolute atomic E-state index is 0.929. The molecule has 0 saturated carbocycles. The number of thiazole rings is 1. The van der Waals surface area contributed by atoms with Crippen molar-refractivity contribution >= 4 is 28.6 Å². The van der Waals surface area contributed by atoms with Crippen LogP contribution < -0.4 is 5.32 Å². The minimum Gasteiger partial charge on any atom is -0.365 e. The van der Waals surface area contributed by atoms with Gasteiger partial charge in [-0.3, -0.25) is 0 Å². The van der Waals surface area contributed by atoms with Crippen LogP contribution in [-0.2, 0) is 0 Å². The summed E-state index contributed by atoms with van der Waals surface area (Å²) in [5, 5.41) is 3.93. The highest BCUT2D eigenvalue weighted by Crippen LogP contribution is 2.24. The summed E-state index contributed by atoms with van der Waals surface area (Å²) in [4.78, 5) is 5.45. The highest BCUT2D eigenvalue weighted by molar-refractivity contribution is 7.16. The fourth-order valence-electron chi connectivity index (χ4n) is 0.868. The monoisotopic (exact) mass is 180 g/mol. The lowest BCUT2D eigenvalue weighted by molar-refractivity contribution is 1.34. The quantitative estimate of drug-likeness (QED) is 0.773. The number of nitrogens with zero attached hydrogens (tertiary/aromatic N) is 1. The van der Waals surface area contributed by atoms with Crippen LogP contribution in [0.4, 0.5) is 5.13 Å². The molecule has 0 aromatic carbocycles. The third-order valence-electron chi connectivity index (χ3n) is 1.41. The van der Waals surface area contributed by atoms with E-state index in [0.717, 1.165) is 15.7 Å². The van der Waals surface area contributed by atoms with Gasteiger partial charge >= 0.3 is 0 Å². The Bertz CT molecular complexity index is 299. The number of hydrogen-bond acceptors (Lipinski definition) is 3. The molecule has 0 aliphatic rings. The van der Waals surface area contributed by atoms with E-state index in [9.17, 15) is 0 Å². The van der Waals surface area contributed by atoms with Crippen LogP contribution in [0.3, 0.4) is 0 Å². The number of allylic oxidation sites excluding steroid dienone is 1. The molecule has 64 valence electrons. The summed E-state index contributed by atoms with van der Waals surface area (Å²) in [7, 11) is 1.87. The van der Waals surface area contributed by atoms with Gasteiger partial charge in [0.15, 0.2) is 5.13 Å². The summed E-state index contributed by atoms with van der Waals surface area (Å²) in [6, 6.07) is 0. The Morgan fingerprint density at radius 3 is 2.83 bits per heavy atom. The summed E-state index contributed by atoms with van der Waals surface area (Å²) < 4.78 is 0. The third kappa shape index (κ3) is 1.74. The lowest BCUT2D eigenvalue weighted by Gasteiger charge is -1.85. The molecule has 1 N–H and O–H groups in total.